The molecular formula is C21H26O6. The van der Waals surface area contributed by atoms with Crippen LogP contribution < -0.4 is 0 Å². The van der Waals surface area contributed by atoms with Crippen LogP contribution in [0.4, 0.5) is 0 Å². The summed E-state index contributed by atoms with van der Waals surface area (Å²) in [5.41, 5.74) is 0.393. The van der Waals surface area contributed by atoms with Gasteiger partial charge >= 0.3 is 11.9 Å². The Morgan fingerprint density at radius 2 is 1.52 bits per heavy atom. The molecule has 0 saturated heterocycles. The monoisotopic (exact) mass is 374 g/mol. The molecule has 27 heavy (non-hydrogen) atoms. The van der Waals surface area contributed by atoms with Gasteiger partial charge in [-0.2, -0.15) is 0 Å². The second-order valence-electron chi connectivity index (χ2n) is 6.76. The van der Waals surface area contributed by atoms with Crippen molar-refractivity contribution in [3.05, 3.63) is 42.0 Å². The molecule has 1 aromatic rings. The maximum absolute atomic E-state index is 12.6. The van der Waals surface area contributed by atoms with Crippen molar-refractivity contribution in [3.8, 4) is 0 Å². The fraction of sp³-hybridized carbons (Fsp3) is 0.476. The molecule has 0 spiro atoms. The number of benzene rings is 1. The maximum Gasteiger partial charge on any atom is 0.323 e. The van der Waals surface area contributed by atoms with Gasteiger partial charge in [-0.3, -0.25) is 14.4 Å². The lowest BCUT2D eigenvalue weighted by atomic mass is 9.83. The van der Waals surface area contributed by atoms with Gasteiger partial charge in [-0.25, -0.2) is 0 Å². The Morgan fingerprint density at radius 1 is 1.04 bits per heavy atom. The Balaban J connectivity index is 2.30. The second-order valence-corrected chi connectivity index (χ2v) is 6.76. The zero-order valence-electron chi connectivity index (χ0n) is 16.0. The highest BCUT2D eigenvalue weighted by atomic mass is 16.6. The van der Waals surface area contributed by atoms with Gasteiger partial charge in [0.1, 0.15) is 0 Å². The van der Waals surface area contributed by atoms with Crippen molar-refractivity contribution in [1.82, 2.24) is 0 Å². The molecular weight excluding hydrogens is 348 g/mol. The van der Waals surface area contributed by atoms with E-state index in [2.05, 4.69) is 6.58 Å². The number of hydrogen-bond donors (Lipinski definition) is 1. The third-order valence-electron chi connectivity index (χ3n) is 5.03. The van der Waals surface area contributed by atoms with E-state index in [1.807, 2.05) is 0 Å². The second kappa shape index (κ2) is 8.48. The van der Waals surface area contributed by atoms with Crippen LogP contribution in [0, 0.1) is 11.3 Å². The molecule has 6 nitrogen and oxygen atoms in total. The van der Waals surface area contributed by atoms with Crippen molar-refractivity contribution >= 4 is 23.3 Å². The van der Waals surface area contributed by atoms with Gasteiger partial charge in [0, 0.05) is 17.9 Å². The number of esters is 2. The number of aliphatic hydroxyl groups excluding tert-OH is 1. The lowest BCUT2D eigenvalue weighted by Gasteiger charge is -2.24. The highest BCUT2D eigenvalue weighted by molar-refractivity contribution is 6.01. The number of rotatable bonds is 7. The first-order chi connectivity index (χ1) is 12.8. The smallest absolute Gasteiger partial charge is 0.323 e. The third kappa shape index (κ3) is 4.11. The highest BCUT2D eigenvalue weighted by Gasteiger charge is 2.57. The van der Waals surface area contributed by atoms with Crippen molar-refractivity contribution in [2.45, 2.75) is 39.7 Å². The molecule has 1 aliphatic carbocycles. The quantitative estimate of drug-likeness (QED) is 0.448. The Bertz CT molecular complexity index is 716. The molecule has 2 atom stereocenters. The number of Topliss-reactive ketones (excluding diaryl/α,β-unsaturated/α-hetero) is 1. The zero-order chi connectivity index (χ0) is 20.2. The molecule has 1 saturated carbocycles. The van der Waals surface area contributed by atoms with E-state index in [1.165, 1.54) is 6.92 Å². The van der Waals surface area contributed by atoms with Crippen LogP contribution in [0.5, 0.6) is 0 Å². The van der Waals surface area contributed by atoms with Crippen LogP contribution >= 0.6 is 0 Å². The number of ether oxygens (including phenoxy) is 2. The molecule has 0 heterocycles. The normalized spacial score (nSPS) is 20.7. The molecule has 0 bridgehead atoms. The molecule has 0 aromatic heterocycles. The summed E-state index contributed by atoms with van der Waals surface area (Å²) < 4.78 is 10.2. The van der Waals surface area contributed by atoms with E-state index in [9.17, 15) is 19.5 Å². The predicted molar refractivity (Wildman–Crippen MR) is 99.9 cm³/mol. The van der Waals surface area contributed by atoms with Crippen molar-refractivity contribution in [2.24, 2.45) is 11.3 Å². The average Bonchev–Trinajstić information content (AvgIpc) is 3.00. The van der Waals surface area contributed by atoms with Crippen molar-refractivity contribution in [1.29, 1.82) is 0 Å². The molecule has 6 heteroatoms. The van der Waals surface area contributed by atoms with Crippen LogP contribution in [0.15, 0.2) is 30.8 Å². The summed E-state index contributed by atoms with van der Waals surface area (Å²) in [5.74, 6) is -1.90. The third-order valence-corrected chi connectivity index (χ3v) is 5.03. The molecule has 0 aliphatic heterocycles. The van der Waals surface area contributed by atoms with Crippen molar-refractivity contribution < 1.29 is 29.0 Å². The average molecular weight is 374 g/mol. The van der Waals surface area contributed by atoms with Crippen LogP contribution in [0.2, 0.25) is 0 Å². The minimum absolute atomic E-state index is 0.0447. The standard InChI is InChI=1S/C21H26O6/c1-5-26-19(24)21(20(25)27-6-2)11-17(18(23)12-21)13(3)15-7-9-16(10-8-15)14(4)22/h7-10,17-18,23H,3,5-6,11-12H2,1-2,4H3/t17-,18-/m1/s1. The molecule has 0 radical (unpaired) electrons. The van der Waals surface area contributed by atoms with Crippen molar-refractivity contribution in [2.75, 3.05) is 13.2 Å². The largest absolute Gasteiger partial charge is 0.465 e. The summed E-state index contributed by atoms with van der Waals surface area (Å²) in [6, 6.07) is 6.88. The lowest BCUT2D eigenvalue weighted by Crippen LogP contribution is -2.40. The minimum Gasteiger partial charge on any atom is -0.465 e. The number of carbonyl (C=O) groups excluding carboxylic acids is 3. The van der Waals surface area contributed by atoms with Gasteiger partial charge in [-0.1, -0.05) is 30.8 Å². The summed E-state index contributed by atoms with van der Waals surface area (Å²) in [5, 5.41) is 10.6. The van der Waals surface area contributed by atoms with Gasteiger partial charge in [0.2, 0.25) is 0 Å². The predicted octanol–water partition coefficient (Wildman–Crippen LogP) is 2.79. The van der Waals surface area contributed by atoms with Gasteiger partial charge in [0.05, 0.1) is 19.3 Å². The summed E-state index contributed by atoms with van der Waals surface area (Å²) in [6.07, 6.45) is -0.933. The molecule has 1 aromatic carbocycles. The van der Waals surface area contributed by atoms with Crippen LogP contribution in [0.3, 0.4) is 0 Å². The summed E-state index contributed by atoms with van der Waals surface area (Å²) >= 11 is 0. The number of carbonyl (C=O) groups is 3. The summed E-state index contributed by atoms with van der Waals surface area (Å²) in [7, 11) is 0. The first kappa shape index (κ1) is 20.8. The van der Waals surface area contributed by atoms with Gasteiger partial charge in [0.25, 0.3) is 0 Å². The van der Waals surface area contributed by atoms with Crippen LogP contribution in [0.1, 0.15) is 49.5 Å². The first-order valence-corrected chi connectivity index (χ1v) is 9.09. The lowest BCUT2D eigenvalue weighted by molar-refractivity contribution is -0.172. The van der Waals surface area contributed by atoms with Crippen LogP contribution in [-0.4, -0.2) is 42.1 Å². The van der Waals surface area contributed by atoms with E-state index >= 15 is 0 Å². The maximum atomic E-state index is 12.6. The first-order valence-electron chi connectivity index (χ1n) is 9.09. The Hall–Kier alpha value is -2.47. The van der Waals surface area contributed by atoms with Gasteiger partial charge in [0.15, 0.2) is 11.2 Å². The number of ketones is 1. The minimum atomic E-state index is -1.53. The van der Waals surface area contributed by atoms with Gasteiger partial charge in [-0.15, -0.1) is 0 Å². The van der Waals surface area contributed by atoms with E-state index in [4.69, 9.17) is 9.47 Å². The Morgan fingerprint density at radius 3 is 1.96 bits per heavy atom. The van der Waals surface area contributed by atoms with E-state index in [1.54, 1.807) is 38.1 Å². The van der Waals surface area contributed by atoms with E-state index < -0.39 is 29.4 Å². The van der Waals surface area contributed by atoms with Gasteiger partial charge < -0.3 is 14.6 Å². The zero-order valence-corrected chi connectivity index (χ0v) is 16.0. The molecule has 146 valence electrons. The van der Waals surface area contributed by atoms with E-state index in [0.717, 1.165) is 5.56 Å². The van der Waals surface area contributed by atoms with Gasteiger partial charge in [-0.05, 0) is 38.3 Å². The molecule has 1 fully saturated rings. The molecule has 2 rings (SSSR count). The van der Waals surface area contributed by atoms with Crippen LogP contribution in [0.25, 0.3) is 5.57 Å². The highest BCUT2D eigenvalue weighted by Crippen LogP contribution is 2.48. The SMILES string of the molecule is C=C(c1ccc(C(C)=O)cc1)[C@H]1CC(C(=O)OCC)(C(=O)OCC)C[C@H]1O. The topological polar surface area (TPSA) is 89.9 Å². The molecule has 1 N–H and O–H groups in total. The fourth-order valence-electron chi connectivity index (χ4n) is 3.54. The van der Waals surface area contributed by atoms with E-state index in [0.29, 0.717) is 11.1 Å². The van der Waals surface area contributed by atoms with Crippen LogP contribution in [-0.2, 0) is 19.1 Å². The summed E-state index contributed by atoms with van der Waals surface area (Å²) in [6.45, 7) is 9.13. The molecule has 0 unspecified atom stereocenters. The summed E-state index contributed by atoms with van der Waals surface area (Å²) in [4.78, 5) is 36.5. The Kier molecular flexibility index (Phi) is 6.54. The molecule has 1 aliphatic rings. The Labute approximate surface area is 159 Å². The number of hydrogen-bond acceptors (Lipinski definition) is 6. The fourth-order valence-corrected chi connectivity index (χ4v) is 3.54. The van der Waals surface area contributed by atoms with Crippen molar-refractivity contribution in [3.63, 3.8) is 0 Å². The van der Waals surface area contributed by atoms with E-state index in [-0.39, 0.29) is 31.8 Å². The molecule has 0 amide bonds. The number of aliphatic hydroxyl groups is 1.